The van der Waals surface area contributed by atoms with Gasteiger partial charge < -0.3 is 4.90 Å². The fourth-order valence-electron chi connectivity index (χ4n) is 4.36. The molecule has 0 saturated heterocycles. The molecule has 0 spiro atoms. The number of likely N-dealkylation sites (N-methyl/N-ethyl adjacent to an activating group) is 1. The molecule has 0 fully saturated rings. The van der Waals surface area contributed by atoms with Crippen molar-refractivity contribution in [1.82, 2.24) is 0 Å². The van der Waals surface area contributed by atoms with Gasteiger partial charge >= 0.3 is 0 Å². The number of fused-ring (bicyclic) bond motifs is 1. The van der Waals surface area contributed by atoms with E-state index in [1.165, 1.54) is 21.8 Å². The van der Waals surface area contributed by atoms with Gasteiger partial charge in [-0.25, -0.2) is 0 Å². The first-order chi connectivity index (χ1) is 13.8. The Bertz CT molecular complexity index is 1060. The summed E-state index contributed by atoms with van der Waals surface area (Å²) in [6.45, 7) is 11.7. The number of carbonyl (C=O) groups is 1. The van der Waals surface area contributed by atoms with Crippen LogP contribution < -0.4 is 9.91 Å². The van der Waals surface area contributed by atoms with Crippen molar-refractivity contribution in [3.63, 3.8) is 0 Å². The largest absolute Gasteiger partial charge is 0.363 e. The number of benzene rings is 2. The van der Waals surface area contributed by atoms with Gasteiger partial charge in [-0.3, -0.25) is 4.79 Å². The normalized spacial score (nSPS) is 19.3. The summed E-state index contributed by atoms with van der Waals surface area (Å²) in [6, 6.07) is 16.0. The van der Waals surface area contributed by atoms with Crippen molar-refractivity contribution in [2.24, 2.45) is 5.10 Å². The molecule has 2 aliphatic heterocycles. The monoisotopic (exact) mass is 385 g/mol. The zero-order valence-electron chi connectivity index (χ0n) is 17.7. The molecular formula is C25H27N3O. The van der Waals surface area contributed by atoms with E-state index in [4.69, 9.17) is 0 Å². The van der Waals surface area contributed by atoms with Crippen LogP contribution in [0.3, 0.4) is 0 Å². The number of carbonyl (C=O) groups excluding carboxylic acids is 1. The predicted octanol–water partition coefficient (Wildman–Crippen LogP) is 5.51. The molecule has 0 radical (unpaired) electrons. The second kappa shape index (κ2) is 7.03. The quantitative estimate of drug-likeness (QED) is 0.653. The van der Waals surface area contributed by atoms with Crippen LogP contribution in [0.4, 0.5) is 11.4 Å². The summed E-state index contributed by atoms with van der Waals surface area (Å²) >= 11 is 0. The lowest BCUT2D eigenvalue weighted by molar-refractivity contribution is -0.114. The van der Waals surface area contributed by atoms with E-state index >= 15 is 0 Å². The molecule has 0 aliphatic carbocycles. The third kappa shape index (κ3) is 3.29. The Balaban J connectivity index is 1.71. The summed E-state index contributed by atoms with van der Waals surface area (Å²) in [4.78, 5) is 15.4. The number of amides is 1. The maximum Gasteiger partial charge on any atom is 0.280 e. The molecule has 0 saturated carbocycles. The van der Waals surface area contributed by atoms with Crippen molar-refractivity contribution >= 4 is 34.6 Å². The fraction of sp³-hybridized carbons (Fsp3) is 0.280. The maximum atomic E-state index is 13.0. The Hall–Kier alpha value is -3.14. The molecule has 4 rings (SSSR count). The second-order valence-corrected chi connectivity index (χ2v) is 8.20. The highest BCUT2D eigenvalue weighted by Crippen LogP contribution is 2.39. The first-order valence-electron chi connectivity index (χ1n) is 10.1. The SMILES string of the molecule is CCN1c2ccc(/C=C3\C(=O)N(c4ccccc4)N=C3C)cc2C(C)=CC1(C)C. The van der Waals surface area contributed by atoms with Gasteiger partial charge in [0.05, 0.1) is 22.5 Å². The van der Waals surface area contributed by atoms with E-state index < -0.39 is 0 Å². The molecule has 4 heteroatoms. The van der Waals surface area contributed by atoms with Crippen LogP contribution >= 0.6 is 0 Å². The number of para-hydroxylation sites is 1. The fourth-order valence-corrected chi connectivity index (χ4v) is 4.36. The van der Waals surface area contributed by atoms with Gasteiger partial charge in [-0.15, -0.1) is 0 Å². The van der Waals surface area contributed by atoms with E-state index in [1.807, 2.05) is 43.3 Å². The van der Waals surface area contributed by atoms with Gasteiger partial charge in [0.2, 0.25) is 0 Å². The Morgan fingerprint density at radius 1 is 1.07 bits per heavy atom. The molecule has 0 N–H and O–H groups in total. The zero-order chi connectivity index (χ0) is 20.8. The van der Waals surface area contributed by atoms with E-state index in [2.05, 4.69) is 62.0 Å². The lowest BCUT2D eigenvalue weighted by atomic mass is 9.88. The van der Waals surface area contributed by atoms with E-state index in [0.29, 0.717) is 5.57 Å². The van der Waals surface area contributed by atoms with Crippen LogP contribution in [-0.2, 0) is 4.79 Å². The van der Waals surface area contributed by atoms with Crippen molar-refractivity contribution in [2.75, 3.05) is 16.5 Å². The third-order valence-corrected chi connectivity index (χ3v) is 5.69. The highest BCUT2D eigenvalue weighted by atomic mass is 16.2. The van der Waals surface area contributed by atoms with Crippen LogP contribution in [0.1, 0.15) is 45.7 Å². The van der Waals surface area contributed by atoms with Gasteiger partial charge in [-0.2, -0.15) is 10.1 Å². The molecule has 0 atom stereocenters. The maximum absolute atomic E-state index is 13.0. The van der Waals surface area contributed by atoms with Gasteiger partial charge in [0, 0.05) is 17.8 Å². The van der Waals surface area contributed by atoms with Gasteiger partial charge in [-0.05, 0) is 76.1 Å². The number of anilines is 2. The minimum atomic E-state index is -0.0880. The van der Waals surface area contributed by atoms with Crippen LogP contribution in [0, 0.1) is 0 Å². The number of nitrogens with zero attached hydrogens (tertiary/aromatic N) is 3. The molecule has 2 aromatic rings. The summed E-state index contributed by atoms with van der Waals surface area (Å²) in [6.07, 6.45) is 4.27. The summed E-state index contributed by atoms with van der Waals surface area (Å²) in [5.41, 5.74) is 6.90. The van der Waals surface area contributed by atoms with Crippen molar-refractivity contribution in [1.29, 1.82) is 0 Å². The lowest BCUT2D eigenvalue weighted by Gasteiger charge is -2.42. The zero-order valence-corrected chi connectivity index (χ0v) is 17.7. The Morgan fingerprint density at radius 2 is 1.79 bits per heavy atom. The number of hydrazone groups is 1. The van der Waals surface area contributed by atoms with Crippen molar-refractivity contribution in [2.45, 2.75) is 40.2 Å². The van der Waals surface area contributed by atoms with Crippen LogP contribution in [0.15, 0.2) is 65.3 Å². The van der Waals surface area contributed by atoms with Crippen LogP contribution in [0.2, 0.25) is 0 Å². The Kier molecular flexibility index (Phi) is 4.65. The average molecular weight is 386 g/mol. The highest BCUT2D eigenvalue weighted by molar-refractivity contribution is 6.32. The van der Waals surface area contributed by atoms with Gasteiger partial charge in [0.1, 0.15) is 0 Å². The van der Waals surface area contributed by atoms with Crippen LogP contribution in [0.25, 0.3) is 11.6 Å². The minimum absolute atomic E-state index is 0.00728. The number of hydrogen-bond donors (Lipinski definition) is 0. The van der Waals surface area contributed by atoms with E-state index in [-0.39, 0.29) is 11.4 Å². The van der Waals surface area contributed by atoms with Gasteiger partial charge in [0.25, 0.3) is 5.91 Å². The highest BCUT2D eigenvalue weighted by Gasteiger charge is 2.31. The topological polar surface area (TPSA) is 35.9 Å². The van der Waals surface area contributed by atoms with Gasteiger partial charge in [-0.1, -0.05) is 30.3 Å². The Morgan fingerprint density at radius 3 is 2.48 bits per heavy atom. The smallest absolute Gasteiger partial charge is 0.280 e. The lowest BCUT2D eigenvalue weighted by Crippen LogP contribution is -2.44. The molecule has 0 aromatic heterocycles. The second-order valence-electron chi connectivity index (χ2n) is 8.20. The van der Waals surface area contributed by atoms with Crippen LogP contribution in [0.5, 0.6) is 0 Å². The molecule has 0 bridgehead atoms. The van der Waals surface area contributed by atoms with E-state index in [0.717, 1.165) is 23.5 Å². The first-order valence-corrected chi connectivity index (χ1v) is 10.1. The average Bonchev–Trinajstić information content (AvgIpc) is 2.97. The van der Waals surface area contributed by atoms with Crippen molar-refractivity contribution in [3.8, 4) is 0 Å². The summed E-state index contributed by atoms with van der Waals surface area (Å²) in [5.74, 6) is -0.0880. The predicted molar refractivity (Wildman–Crippen MR) is 122 cm³/mol. The molecule has 0 unspecified atom stereocenters. The number of allylic oxidation sites excluding steroid dienone is 1. The third-order valence-electron chi connectivity index (χ3n) is 5.69. The molecule has 2 aromatic carbocycles. The summed E-state index contributed by atoms with van der Waals surface area (Å²) in [7, 11) is 0. The number of hydrogen-bond acceptors (Lipinski definition) is 3. The molecule has 148 valence electrons. The van der Waals surface area contributed by atoms with Crippen LogP contribution in [-0.4, -0.2) is 23.7 Å². The Labute approximate surface area is 172 Å². The molecular weight excluding hydrogens is 358 g/mol. The standard InChI is InChI=1S/C25H27N3O/c1-6-27-23-13-12-19(14-21(23)17(2)16-25(27,4)5)15-22-18(3)26-28(24(22)29)20-10-8-7-9-11-20/h7-16H,6H2,1-5H3/b22-15-. The summed E-state index contributed by atoms with van der Waals surface area (Å²) in [5, 5.41) is 5.95. The van der Waals surface area contributed by atoms with E-state index in [9.17, 15) is 4.79 Å². The molecule has 1 amide bonds. The molecule has 2 heterocycles. The first kappa shape index (κ1) is 19.2. The summed E-state index contributed by atoms with van der Waals surface area (Å²) < 4.78 is 0. The minimum Gasteiger partial charge on any atom is -0.363 e. The van der Waals surface area contributed by atoms with Gasteiger partial charge in [0.15, 0.2) is 0 Å². The molecule has 29 heavy (non-hydrogen) atoms. The molecule has 2 aliphatic rings. The van der Waals surface area contributed by atoms with E-state index in [1.54, 1.807) is 0 Å². The number of rotatable bonds is 3. The van der Waals surface area contributed by atoms with Crippen molar-refractivity contribution in [3.05, 3.63) is 71.3 Å². The van der Waals surface area contributed by atoms with Crippen molar-refractivity contribution < 1.29 is 4.79 Å². The molecule has 4 nitrogen and oxygen atoms in total.